The van der Waals surface area contributed by atoms with Gasteiger partial charge in [0, 0.05) is 21.6 Å². The summed E-state index contributed by atoms with van der Waals surface area (Å²) in [6, 6.07) is 13.0. The molecule has 2 aromatic heterocycles. The molecule has 0 radical (unpaired) electrons. The average Bonchev–Trinajstić information content (AvgIpc) is 3.13. The number of aromatic carboxylic acids is 1. The predicted molar refractivity (Wildman–Crippen MR) is 120 cm³/mol. The van der Waals surface area contributed by atoms with Crippen LogP contribution in [0.1, 0.15) is 40.1 Å². The molecule has 0 aliphatic carbocycles. The first-order valence-corrected chi connectivity index (χ1v) is 10.3. The highest BCUT2D eigenvalue weighted by Crippen LogP contribution is 2.35. The summed E-state index contributed by atoms with van der Waals surface area (Å²) in [6.45, 7) is 5.92. The molecule has 1 atom stereocenters. The van der Waals surface area contributed by atoms with Crippen molar-refractivity contribution >= 4 is 38.5 Å². The first-order chi connectivity index (χ1) is 14.3. The van der Waals surface area contributed by atoms with Crippen molar-refractivity contribution < 1.29 is 14.4 Å². The van der Waals surface area contributed by atoms with Gasteiger partial charge >= 0.3 is 5.97 Å². The lowest BCUT2D eigenvalue weighted by Gasteiger charge is -2.20. The summed E-state index contributed by atoms with van der Waals surface area (Å²) in [4.78, 5) is 16.4. The molecule has 6 nitrogen and oxygen atoms in total. The van der Waals surface area contributed by atoms with E-state index in [-0.39, 0.29) is 11.6 Å². The van der Waals surface area contributed by atoms with E-state index >= 15 is 0 Å². The quantitative estimate of drug-likeness (QED) is 0.367. The largest absolute Gasteiger partial charge is 0.478 e. The summed E-state index contributed by atoms with van der Waals surface area (Å²) >= 11 is 3.64. The fraction of sp³-hybridized carbons (Fsp3) is 0.174. The number of nitrogens with one attached hydrogen (secondary N) is 1. The van der Waals surface area contributed by atoms with Crippen molar-refractivity contribution in [2.75, 3.05) is 5.32 Å². The Hall–Kier alpha value is -3.19. The number of carboxylic acids is 1. The first-order valence-electron chi connectivity index (χ1n) is 9.46. The molecule has 0 saturated carbocycles. The summed E-state index contributed by atoms with van der Waals surface area (Å²) in [5, 5.41) is 17.8. The number of hydrogen-bond acceptors (Lipinski definition) is 5. The van der Waals surface area contributed by atoms with Gasteiger partial charge in [0.05, 0.1) is 28.0 Å². The molecule has 0 fully saturated rings. The Morgan fingerprint density at radius 2 is 1.97 bits per heavy atom. The Bertz CT molecular complexity index is 1270. The number of carbonyl (C=O) groups is 1. The highest BCUT2D eigenvalue weighted by molar-refractivity contribution is 9.10. The van der Waals surface area contributed by atoms with Gasteiger partial charge in [-0.2, -0.15) is 0 Å². The Balaban J connectivity index is 1.81. The number of hydrogen-bond donors (Lipinski definition) is 2. The molecular weight excluding hydrogens is 446 g/mol. The van der Waals surface area contributed by atoms with E-state index in [0.29, 0.717) is 5.69 Å². The summed E-state index contributed by atoms with van der Waals surface area (Å²) in [6.07, 6.45) is 1.60. The Morgan fingerprint density at radius 1 is 1.20 bits per heavy atom. The molecule has 4 rings (SSSR count). The van der Waals surface area contributed by atoms with Crippen molar-refractivity contribution in [1.29, 1.82) is 0 Å². The van der Waals surface area contributed by atoms with Gasteiger partial charge in [-0.3, -0.25) is 0 Å². The number of fused-ring (bicyclic) bond motifs is 1. The molecule has 30 heavy (non-hydrogen) atoms. The highest BCUT2D eigenvalue weighted by Gasteiger charge is 2.18. The van der Waals surface area contributed by atoms with E-state index in [4.69, 9.17) is 9.51 Å². The van der Waals surface area contributed by atoms with E-state index in [2.05, 4.69) is 32.5 Å². The summed E-state index contributed by atoms with van der Waals surface area (Å²) in [7, 11) is 0. The number of pyridine rings is 1. The van der Waals surface area contributed by atoms with Gasteiger partial charge in [0.25, 0.3) is 0 Å². The van der Waals surface area contributed by atoms with Crippen LogP contribution in [0.15, 0.2) is 57.7 Å². The molecule has 4 aromatic rings. The van der Waals surface area contributed by atoms with Gasteiger partial charge in [-0.1, -0.05) is 23.4 Å². The molecule has 0 aliphatic heterocycles. The third-order valence-electron chi connectivity index (χ3n) is 5.07. The van der Waals surface area contributed by atoms with E-state index in [9.17, 15) is 9.90 Å². The lowest BCUT2D eigenvalue weighted by atomic mass is 9.98. The molecule has 0 unspecified atom stereocenters. The zero-order valence-electron chi connectivity index (χ0n) is 16.7. The molecule has 152 valence electrons. The monoisotopic (exact) mass is 465 g/mol. The third kappa shape index (κ3) is 3.68. The molecule has 0 amide bonds. The van der Waals surface area contributed by atoms with E-state index < -0.39 is 5.97 Å². The minimum Gasteiger partial charge on any atom is -0.478 e. The van der Waals surface area contributed by atoms with Crippen molar-refractivity contribution in [3.8, 4) is 11.3 Å². The zero-order valence-corrected chi connectivity index (χ0v) is 18.3. The Morgan fingerprint density at radius 3 is 2.67 bits per heavy atom. The van der Waals surface area contributed by atoms with Gasteiger partial charge in [0.15, 0.2) is 0 Å². The van der Waals surface area contributed by atoms with E-state index in [1.165, 1.54) is 0 Å². The van der Waals surface area contributed by atoms with E-state index in [1.54, 1.807) is 24.5 Å². The Labute approximate surface area is 182 Å². The van der Waals surface area contributed by atoms with Crippen molar-refractivity contribution in [3.63, 3.8) is 0 Å². The molecular formula is C23H20BrN3O3. The summed E-state index contributed by atoms with van der Waals surface area (Å²) < 4.78 is 5.92. The number of halogens is 1. The number of aromatic nitrogens is 2. The lowest BCUT2D eigenvalue weighted by molar-refractivity contribution is 0.0698. The molecule has 2 aromatic carbocycles. The number of anilines is 1. The lowest BCUT2D eigenvalue weighted by Crippen LogP contribution is -2.11. The number of rotatable bonds is 5. The highest BCUT2D eigenvalue weighted by atomic mass is 79.9. The van der Waals surface area contributed by atoms with Crippen LogP contribution < -0.4 is 5.32 Å². The Kier molecular flexibility index (Phi) is 5.30. The van der Waals surface area contributed by atoms with Crippen LogP contribution in [0.5, 0.6) is 0 Å². The number of aryl methyl sites for hydroxylation is 2. The van der Waals surface area contributed by atoms with E-state index in [0.717, 1.165) is 43.5 Å². The van der Waals surface area contributed by atoms with Crippen LogP contribution in [0, 0.1) is 13.8 Å². The van der Waals surface area contributed by atoms with Gasteiger partial charge in [0.2, 0.25) is 0 Å². The maximum absolute atomic E-state index is 11.6. The SMILES string of the molecule is Cc1cc([C@H](C)Nc2ccccc2C(=O)O)c2cc(Br)c(-c3conc3C)nc2c1. The smallest absolute Gasteiger partial charge is 0.337 e. The van der Waals surface area contributed by atoms with Gasteiger partial charge in [-0.25, -0.2) is 9.78 Å². The number of carboxylic acid groups (broad SMARTS) is 1. The standard InChI is InChI=1S/C23H20BrN3O3/c1-12-8-16(13(2)25-20-7-5-4-6-15(20)23(28)29)17-10-19(24)22(26-21(17)9-12)18-11-30-27-14(18)3/h4-11,13,25H,1-3H3,(H,28,29)/t13-/m0/s1. The first kappa shape index (κ1) is 20.1. The van der Waals surface area contributed by atoms with Crippen LogP contribution in [0.3, 0.4) is 0 Å². The second-order valence-corrected chi connectivity index (χ2v) is 8.12. The number of para-hydroxylation sites is 1. The van der Waals surface area contributed by atoms with E-state index in [1.807, 2.05) is 39.0 Å². The van der Waals surface area contributed by atoms with Crippen LogP contribution in [0.25, 0.3) is 22.2 Å². The maximum Gasteiger partial charge on any atom is 0.337 e. The van der Waals surface area contributed by atoms with Crippen LogP contribution in [-0.4, -0.2) is 21.2 Å². The van der Waals surface area contributed by atoms with Crippen LogP contribution in [-0.2, 0) is 0 Å². The topological polar surface area (TPSA) is 88.2 Å². The van der Waals surface area contributed by atoms with Crippen molar-refractivity contribution in [1.82, 2.24) is 10.1 Å². The normalized spacial score (nSPS) is 12.1. The van der Waals surface area contributed by atoms with Crippen LogP contribution in [0.2, 0.25) is 0 Å². The second kappa shape index (κ2) is 7.91. The van der Waals surface area contributed by atoms with Gasteiger partial charge in [0.1, 0.15) is 6.26 Å². The van der Waals surface area contributed by atoms with Crippen LogP contribution >= 0.6 is 15.9 Å². The number of nitrogens with zero attached hydrogens (tertiary/aromatic N) is 2. The van der Waals surface area contributed by atoms with Crippen molar-refractivity contribution in [2.24, 2.45) is 0 Å². The molecule has 2 N–H and O–H groups in total. The molecule has 0 bridgehead atoms. The van der Waals surface area contributed by atoms with Gasteiger partial charge in [-0.05, 0) is 72.1 Å². The number of benzene rings is 2. The minimum absolute atomic E-state index is 0.134. The fourth-order valence-corrected chi connectivity index (χ4v) is 4.13. The van der Waals surface area contributed by atoms with Crippen molar-refractivity contribution in [3.05, 3.63) is 75.6 Å². The fourth-order valence-electron chi connectivity index (χ4n) is 3.60. The molecule has 7 heteroatoms. The molecule has 0 aliphatic rings. The second-order valence-electron chi connectivity index (χ2n) is 7.27. The van der Waals surface area contributed by atoms with Crippen molar-refractivity contribution in [2.45, 2.75) is 26.8 Å². The third-order valence-corrected chi connectivity index (χ3v) is 5.67. The minimum atomic E-state index is -0.961. The maximum atomic E-state index is 11.6. The van der Waals surface area contributed by atoms with Gasteiger partial charge < -0.3 is 14.9 Å². The van der Waals surface area contributed by atoms with Crippen LogP contribution in [0.4, 0.5) is 5.69 Å². The molecule has 0 saturated heterocycles. The predicted octanol–water partition coefficient (Wildman–Crippen LogP) is 6.14. The zero-order chi connectivity index (χ0) is 21.4. The molecule has 0 spiro atoms. The average molecular weight is 466 g/mol. The summed E-state index contributed by atoms with van der Waals surface area (Å²) in [5.74, 6) is -0.961. The molecule has 2 heterocycles. The summed E-state index contributed by atoms with van der Waals surface area (Å²) in [5.41, 5.74) is 6.16. The van der Waals surface area contributed by atoms with Gasteiger partial charge in [-0.15, -0.1) is 0 Å².